The smallest absolute Gasteiger partial charge is 0.164 e. The zero-order valence-electron chi connectivity index (χ0n) is 14.0. The zero-order valence-corrected chi connectivity index (χ0v) is 14.0. The van der Waals surface area contributed by atoms with E-state index >= 15 is 0 Å². The lowest BCUT2D eigenvalue weighted by atomic mass is 9.96. The number of rotatable bonds is 14. The molecule has 0 aliphatic heterocycles. The van der Waals surface area contributed by atoms with Crippen LogP contribution in [0.4, 0.5) is 0 Å². The summed E-state index contributed by atoms with van der Waals surface area (Å²) in [4.78, 5) is 23.5. The lowest BCUT2D eigenvalue weighted by molar-refractivity contribution is -0.146. The number of aliphatic hydroxyl groups excluding tert-OH is 3. The minimum absolute atomic E-state index is 0.162. The number of aliphatic hydroxyl groups is 3. The number of carbonyl (C=O) groups excluding carboxylic acids is 2. The lowest BCUT2D eigenvalue weighted by Gasteiger charge is -2.21. The number of Topliss-reactive ketones (excluding diaryl/α,β-unsaturated/α-hetero) is 2. The van der Waals surface area contributed by atoms with Gasteiger partial charge in [-0.1, -0.05) is 52.4 Å². The molecule has 2 unspecified atom stereocenters. The molecule has 0 heterocycles. The summed E-state index contributed by atoms with van der Waals surface area (Å²) in [6, 6.07) is 0. The molecule has 130 valence electrons. The van der Waals surface area contributed by atoms with Crippen LogP contribution in [0.3, 0.4) is 0 Å². The Labute approximate surface area is 133 Å². The summed E-state index contributed by atoms with van der Waals surface area (Å²) < 4.78 is 0. The highest BCUT2D eigenvalue weighted by molar-refractivity contribution is 5.87. The number of hydrogen-bond acceptors (Lipinski definition) is 5. The van der Waals surface area contributed by atoms with Crippen LogP contribution < -0.4 is 0 Å². The number of ketones is 2. The summed E-state index contributed by atoms with van der Waals surface area (Å²) in [5.74, 6) is -1.03. The predicted molar refractivity (Wildman–Crippen MR) is 85.6 cm³/mol. The average Bonchev–Trinajstić information content (AvgIpc) is 2.53. The molecule has 0 fully saturated rings. The Morgan fingerprint density at radius 1 is 0.682 bits per heavy atom. The van der Waals surface area contributed by atoms with Crippen LogP contribution in [-0.4, -0.2) is 45.2 Å². The van der Waals surface area contributed by atoms with E-state index in [1.54, 1.807) is 0 Å². The highest BCUT2D eigenvalue weighted by Gasteiger charge is 2.33. The molecular formula is C17H32O5. The van der Waals surface area contributed by atoms with Gasteiger partial charge in [0.15, 0.2) is 11.6 Å². The van der Waals surface area contributed by atoms with Crippen LogP contribution in [0.2, 0.25) is 0 Å². The molecule has 2 atom stereocenters. The van der Waals surface area contributed by atoms with Crippen LogP contribution in [0.1, 0.15) is 78.1 Å². The summed E-state index contributed by atoms with van der Waals surface area (Å²) in [6.07, 6.45) is 2.45. The maximum Gasteiger partial charge on any atom is 0.164 e. The van der Waals surface area contributed by atoms with Gasteiger partial charge in [0.05, 0.1) is 0 Å². The fourth-order valence-electron chi connectivity index (χ4n) is 2.30. The Bertz CT molecular complexity index is 286. The van der Waals surface area contributed by atoms with Crippen LogP contribution in [0.25, 0.3) is 0 Å². The van der Waals surface area contributed by atoms with Gasteiger partial charge in [-0.3, -0.25) is 9.59 Å². The molecule has 0 spiro atoms. The molecule has 0 saturated carbocycles. The van der Waals surface area contributed by atoms with E-state index in [0.29, 0.717) is 12.8 Å². The minimum Gasteiger partial charge on any atom is -0.387 e. The summed E-state index contributed by atoms with van der Waals surface area (Å²) in [5, 5.41) is 29.3. The lowest BCUT2D eigenvalue weighted by Crippen LogP contribution is -2.45. The first-order valence-corrected chi connectivity index (χ1v) is 8.55. The molecule has 0 aliphatic rings. The Hall–Kier alpha value is -0.780. The van der Waals surface area contributed by atoms with E-state index in [1.165, 1.54) is 0 Å². The van der Waals surface area contributed by atoms with Crippen LogP contribution in [0, 0.1) is 0 Å². The molecule has 5 heteroatoms. The van der Waals surface area contributed by atoms with Gasteiger partial charge in [0.1, 0.15) is 18.3 Å². The van der Waals surface area contributed by atoms with Gasteiger partial charge in [-0.15, -0.1) is 0 Å². The second-order valence-corrected chi connectivity index (χ2v) is 5.93. The molecule has 0 aromatic heterocycles. The Balaban J connectivity index is 4.14. The van der Waals surface area contributed by atoms with Gasteiger partial charge in [0.25, 0.3) is 0 Å². The third kappa shape index (κ3) is 8.61. The Morgan fingerprint density at radius 3 is 1.36 bits per heavy atom. The SMILES string of the molecule is CCCCCCC(=O)C(O)C(O)C(O)C(=O)CCCCCC. The van der Waals surface area contributed by atoms with Crippen molar-refractivity contribution in [3.63, 3.8) is 0 Å². The van der Waals surface area contributed by atoms with Crippen molar-refractivity contribution in [2.75, 3.05) is 0 Å². The van der Waals surface area contributed by atoms with Gasteiger partial charge in [-0.05, 0) is 12.8 Å². The Kier molecular flexibility index (Phi) is 12.3. The molecule has 0 aliphatic carbocycles. The van der Waals surface area contributed by atoms with E-state index in [0.717, 1.165) is 38.5 Å². The minimum atomic E-state index is -1.72. The van der Waals surface area contributed by atoms with E-state index in [9.17, 15) is 24.9 Å². The van der Waals surface area contributed by atoms with E-state index in [1.807, 2.05) is 0 Å². The maximum absolute atomic E-state index is 11.7. The van der Waals surface area contributed by atoms with Crippen molar-refractivity contribution in [2.24, 2.45) is 0 Å². The van der Waals surface area contributed by atoms with E-state index in [4.69, 9.17) is 0 Å². The molecule has 0 radical (unpaired) electrons. The summed E-state index contributed by atoms with van der Waals surface area (Å²) in [6.45, 7) is 4.12. The molecule has 0 aromatic rings. The van der Waals surface area contributed by atoms with E-state index < -0.39 is 29.9 Å². The van der Waals surface area contributed by atoms with Crippen LogP contribution >= 0.6 is 0 Å². The van der Waals surface area contributed by atoms with Crippen molar-refractivity contribution in [3.8, 4) is 0 Å². The van der Waals surface area contributed by atoms with E-state index in [-0.39, 0.29) is 12.8 Å². The summed E-state index contributed by atoms with van der Waals surface area (Å²) in [5.41, 5.74) is 0. The fourth-order valence-corrected chi connectivity index (χ4v) is 2.30. The second-order valence-electron chi connectivity index (χ2n) is 5.93. The number of hydrogen-bond donors (Lipinski definition) is 3. The van der Waals surface area contributed by atoms with Crippen molar-refractivity contribution >= 4 is 11.6 Å². The molecule has 22 heavy (non-hydrogen) atoms. The summed E-state index contributed by atoms with van der Waals surface area (Å²) in [7, 11) is 0. The monoisotopic (exact) mass is 316 g/mol. The van der Waals surface area contributed by atoms with Gasteiger partial charge in [-0.25, -0.2) is 0 Å². The number of carbonyl (C=O) groups is 2. The zero-order chi connectivity index (χ0) is 17.0. The van der Waals surface area contributed by atoms with Crippen molar-refractivity contribution in [1.29, 1.82) is 0 Å². The highest BCUT2D eigenvalue weighted by atomic mass is 16.4. The highest BCUT2D eigenvalue weighted by Crippen LogP contribution is 2.12. The quantitative estimate of drug-likeness (QED) is 0.427. The molecule has 0 saturated heterocycles. The molecular weight excluding hydrogens is 284 g/mol. The van der Waals surface area contributed by atoms with Crippen molar-refractivity contribution in [2.45, 2.75) is 96.4 Å². The number of unbranched alkanes of at least 4 members (excludes halogenated alkanes) is 6. The average molecular weight is 316 g/mol. The van der Waals surface area contributed by atoms with Crippen LogP contribution in [-0.2, 0) is 9.59 Å². The largest absolute Gasteiger partial charge is 0.387 e. The first-order chi connectivity index (χ1) is 10.5. The van der Waals surface area contributed by atoms with Crippen LogP contribution in [0.5, 0.6) is 0 Å². The molecule has 3 N–H and O–H groups in total. The summed E-state index contributed by atoms with van der Waals surface area (Å²) >= 11 is 0. The third-order valence-corrected chi connectivity index (χ3v) is 3.86. The van der Waals surface area contributed by atoms with E-state index in [2.05, 4.69) is 13.8 Å². The van der Waals surface area contributed by atoms with Gasteiger partial charge < -0.3 is 15.3 Å². The van der Waals surface area contributed by atoms with Gasteiger partial charge in [0.2, 0.25) is 0 Å². The van der Waals surface area contributed by atoms with Crippen molar-refractivity contribution in [1.82, 2.24) is 0 Å². The molecule has 0 aromatic carbocycles. The van der Waals surface area contributed by atoms with Crippen molar-refractivity contribution in [3.05, 3.63) is 0 Å². The van der Waals surface area contributed by atoms with Gasteiger partial charge in [-0.2, -0.15) is 0 Å². The standard InChI is InChI=1S/C17H32O5/c1-3-5-7-9-11-13(18)15(20)17(22)16(21)14(19)12-10-8-6-4-2/h15-17,20-22H,3-12H2,1-2H3. The molecule has 0 rings (SSSR count). The first kappa shape index (κ1) is 21.2. The predicted octanol–water partition coefficient (Wildman–Crippen LogP) is 2.15. The topological polar surface area (TPSA) is 94.8 Å². The third-order valence-electron chi connectivity index (χ3n) is 3.86. The van der Waals surface area contributed by atoms with Crippen molar-refractivity contribution < 1.29 is 24.9 Å². The molecule has 5 nitrogen and oxygen atoms in total. The second kappa shape index (κ2) is 12.7. The molecule has 0 bridgehead atoms. The molecule has 0 amide bonds. The normalized spacial score (nSPS) is 15.3. The maximum atomic E-state index is 11.7. The Morgan fingerprint density at radius 2 is 1.05 bits per heavy atom. The van der Waals surface area contributed by atoms with Crippen LogP contribution in [0.15, 0.2) is 0 Å². The van der Waals surface area contributed by atoms with Gasteiger partial charge >= 0.3 is 0 Å². The fraction of sp³-hybridized carbons (Fsp3) is 0.882. The first-order valence-electron chi connectivity index (χ1n) is 8.55. The van der Waals surface area contributed by atoms with Gasteiger partial charge in [0, 0.05) is 12.8 Å².